The Morgan fingerprint density at radius 2 is 2.00 bits per heavy atom. The second-order valence-electron chi connectivity index (χ2n) is 2.50. The minimum Gasteiger partial charge on any atom is -0.298 e. The summed E-state index contributed by atoms with van der Waals surface area (Å²) in [7, 11) is 0. The van der Waals surface area contributed by atoms with Gasteiger partial charge in [-0.15, -0.1) is 0 Å². The van der Waals surface area contributed by atoms with Crippen LogP contribution in [0.25, 0.3) is 0 Å². The zero-order valence-electron chi connectivity index (χ0n) is 7.60. The van der Waals surface area contributed by atoms with Crippen molar-refractivity contribution >= 4 is 6.29 Å². The summed E-state index contributed by atoms with van der Waals surface area (Å²) in [4.78, 5) is 10.2. The average Bonchev–Trinajstić information content (AvgIpc) is 2.35. The Bertz CT molecular complexity index is 125. The monoisotopic (exact) mass is 154 g/mol. The quantitative estimate of drug-likeness (QED) is 0.530. The van der Waals surface area contributed by atoms with Crippen LogP contribution in [-0.2, 0) is 4.79 Å². The van der Waals surface area contributed by atoms with Gasteiger partial charge in [0.05, 0.1) is 0 Å². The molecular weight excluding hydrogens is 136 g/mol. The van der Waals surface area contributed by atoms with Crippen LogP contribution in [0.4, 0.5) is 0 Å². The first kappa shape index (κ1) is 10.4. The number of aldehydes is 1. The van der Waals surface area contributed by atoms with Crippen LogP contribution in [0, 0.1) is 0 Å². The molecular formula is C10H18O. The van der Waals surface area contributed by atoms with Crippen molar-refractivity contribution in [1.29, 1.82) is 0 Å². The molecule has 64 valence electrons. The maximum atomic E-state index is 10.2. The van der Waals surface area contributed by atoms with E-state index in [1.807, 2.05) is 13.8 Å². The highest BCUT2D eigenvalue weighted by atomic mass is 16.1. The molecule has 0 aromatic carbocycles. The normalized spacial score (nSPS) is 17.1. The van der Waals surface area contributed by atoms with Crippen molar-refractivity contribution in [3.05, 3.63) is 11.6 Å². The molecule has 0 aromatic heterocycles. The summed E-state index contributed by atoms with van der Waals surface area (Å²) in [6.45, 7) is 4.00. The molecule has 0 unspecified atom stereocenters. The summed E-state index contributed by atoms with van der Waals surface area (Å²) < 4.78 is 0. The van der Waals surface area contributed by atoms with E-state index in [4.69, 9.17) is 0 Å². The Morgan fingerprint density at radius 3 is 2.64 bits per heavy atom. The lowest BCUT2D eigenvalue weighted by Gasteiger charge is -1.90. The maximum Gasteiger partial charge on any atom is 0.145 e. The molecule has 0 aliphatic heterocycles. The van der Waals surface area contributed by atoms with Crippen molar-refractivity contribution in [2.75, 3.05) is 0 Å². The van der Waals surface area contributed by atoms with Crippen LogP contribution in [-0.4, -0.2) is 6.29 Å². The lowest BCUT2D eigenvalue weighted by Crippen LogP contribution is -1.80. The highest BCUT2D eigenvalue weighted by Crippen LogP contribution is 2.14. The molecule has 1 nitrogen and oxygen atoms in total. The molecule has 0 aromatic rings. The molecule has 0 amide bonds. The zero-order chi connectivity index (χ0) is 8.53. The molecule has 1 heteroatoms. The number of allylic oxidation sites excluding steroid dienone is 2. The third-order valence-corrected chi connectivity index (χ3v) is 1.73. The van der Waals surface area contributed by atoms with Gasteiger partial charge < -0.3 is 0 Å². The minimum absolute atomic E-state index is 0.991. The van der Waals surface area contributed by atoms with Gasteiger partial charge in [-0.2, -0.15) is 0 Å². The average molecular weight is 154 g/mol. The predicted octanol–water partition coefficient (Wildman–Crippen LogP) is 3.10. The van der Waals surface area contributed by atoms with E-state index in [2.05, 4.69) is 6.08 Å². The van der Waals surface area contributed by atoms with Crippen LogP contribution in [0.5, 0.6) is 0 Å². The summed E-state index contributed by atoms with van der Waals surface area (Å²) in [6, 6.07) is 0. The summed E-state index contributed by atoms with van der Waals surface area (Å²) in [6.07, 6.45) is 8.92. The number of hydrogen-bond acceptors (Lipinski definition) is 1. The standard InChI is InChI=1S/C8H12O.C2H6/c9-7-8-5-3-1-2-4-6-8;1-2/h5,7H,1-4,6H2;1-2H3. The van der Waals surface area contributed by atoms with Crippen molar-refractivity contribution in [2.24, 2.45) is 0 Å². The second kappa shape index (κ2) is 7.52. The Morgan fingerprint density at radius 1 is 1.27 bits per heavy atom. The van der Waals surface area contributed by atoms with Crippen molar-refractivity contribution in [3.8, 4) is 0 Å². The van der Waals surface area contributed by atoms with E-state index in [0.717, 1.165) is 24.7 Å². The molecule has 0 saturated carbocycles. The van der Waals surface area contributed by atoms with Crippen LogP contribution in [0.15, 0.2) is 11.6 Å². The maximum absolute atomic E-state index is 10.2. The fraction of sp³-hybridized carbons (Fsp3) is 0.700. The summed E-state index contributed by atoms with van der Waals surface area (Å²) in [5, 5.41) is 0. The van der Waals surface area contributed by atoms with E-state index in [9.17, 15) is 4.79 Å². The van der Waals surface area contributed by atoms with Gasteiger partial charge in [0.15, 0.2) is 0 Å². The number of rotatable bonds is 1. The van der Waals surface area contributed by atoms with Crippen molar-refractivity contribution in [1.82, 2.24) is 0 Å². The topological polar surface area (TPSA) is 17.1 Å². The van der Waals surface area contributed by atoms with Gasteiger partial charge in [0.25, 0.3) is 0 Å². The first-order valence-corrected chi connectivity index (χ1v) is 4.57. The Kier molecular flexibility index (Phi) is 7.11. The number of hydrogen-bond donors (Lipinski definition) is 0. The van der Waals surface area contributed by atoms with Crippen LogP contribution >= 0.6 is 0 Å². The largest absolute Gasteiger partial charge is 0.298 e. The Balaban J connectivity index is 0.000000461. The third kappa shape index (κ3) is 4.77. The predicted molar refractivity (Wildman–Crippen MR) is 48.6 cm³/mol. The summed E-state index contributed by atoms with van der Waals surface area (Å²) in [5.41, 5.74) is 1.01. The Hall–Kier alpha value is -0.590. The van der Waals surface area contributed by atoms with Gasteiger partial charge in [-0.3, -0.25) is 4.79 Å². The number of carbonyl (C=O) groups excluding carboxylic acids is 1. The molecule has 1 aliphatic carbocycles. The van der Waals surface area contributed by atoms with Crippen LogP contribution < -0.4 is 0 Å². The molecule has 1 rings (SSSR count). The van der Waals surface area contributed by atoms with E-state index in [1.165, 1.54) is 19.3 Å². The second-order valence-corrected chi connectivity index (χ2v) is 2.50. The molecule has 1 aliphatic rings. The molecule has 0 fully saturated rings. The summed E-state index contributed by atoms with van der Waals surface area (Å²) in [5.74, 6) is 0. The Labute approximate surface area is 69.5 Å². The molecule has 0 saturated heterocycles. The summed E-state index contributed by atoms with van der Waals surface area (Å²) >= 11 is 0. The van der Waals surface area contributed by atoms with E-state index in [0.29, 0.717) is 0 Å². The van der Waals surface area contributed by atoms with Gasteiger partial charge in [-0.25, -0.2) is 0 Å². The van der Waals surface area contributed by atoms with Crippen molar-refractivity contribution in [2.45, 2.75) is 46.0 Å². The van der Waals surface area contributed by atoms with Gasteiger partial charge in [0.2, 0.25) is 0 Å². The third-order valence-electron chi connectivity index (χ3n) is 1.73. The van der Waals surface area contributed by atoms with Crippen molar-refractivity contribution in [3.63, 3.8) is 0 Å². The number of carbonyl (C=O) groups is 1. The molecule has 0 radical (unpaired) electrons. The van der Waals surface area contributed by atoms with Crippen LogP contribution in [0.3, 0.4) is 0 Å². The minimum atomic E-state index is 0.991. The smallest absolute Gasteiger partial charge is 0.145 e. The molecule has 0 spiro atoms. The van der Waals surface area contributed by atoms with Gasteiger partial charge in [0.1, 0.15) is 6.29 Å². The van der Waals surface area contributed by atoms with Gasteiger partial charge >= 0.3 is 0 Å². The van der Waals surface area contributed by atoms with Crippen LogP contribution in [0.2, 0.25) is 0 Å². The van der Waals surface area contributed by atoms with Gasteiger partial charge in [-0.1, -0.05) is 26.3 Å². The van der Waals surface area contributed by atoms with E-state index >= 15 is 0 Å². The van der Waals surface area contributed by atoms with E-state index in [1.54, 1.807) is 0 Å². The van der Waals surface area contributed by atoms with Gasteiger partial charge in [0, 0.05) is 0 Å². The molecule has 0 bridgehead atoms. The van der Waals surface area contributed by atoms with Crippen LogP contribution in [0.1, 0.15) is 46.0 Å². The molecule has 11 heavy (non-hydrogen) atoms. The highest BCUT2D eigenvalue weighted by molar-refractivity contribution is 5.72. The lowest BCUT2D eigenvalue weighted by molar-refractivity contribution is -0.105. The van der Waals surface area contributed by atoms with Crippen molar-refractivity contribution < 1.29 is 4.79 Å². The molecule has 0 atom stereocenters. The van der Waals surface area contributed by atoms with E-state index < -0.39 is 0 Å². The SMILES string of the molecule is CC.O=CC1=CCCCCC1. The lowest BCUT2D eigenvalue weighted by atomic mass is 10.1. The van der Waals surface area contributed by atoms with E-state index in [-0.39, 0.29) is 0 Å². The molecule has 0 heterocycles. The fourth-order valence-corrected chi connectivity index (χ4v) is 1.15. The zero-order valence-corrected chi connectivity index (χ0v) is 7.60. The first-order valence-electron chi connectivity index (χ1n) is 4.57. The van der Waals surface area contributed by atoms with Gasteiger partial charge in [-0.05, 0) is 31.3 Å². The first-order chi connectivity index (χ1) is 5.43. The molecule has 0 N–H and O–H groups in total. The fourth-order valence-electron chi connectivity index (χ4n) is 1.15. The highest BCUT2D eigenvalue weighted by Gasteiger charge is 1.99.